The predicted molar refractivity (Wildman–Crippen MR) is 135 cm³/mol. The van der Waals surface area contributed by atoms with Crippen molar-refractivity contribution in [3.63, 3.8) is 0 Å². The van der Waals surface area contributed by atoms with Crippen molar-refractivity contribution in [2.45, 2.75) is 46.2 Å². The van der Waals surface area contributed by atoms with E-state index in [1.54, 1.807) is 24.3 Å². The van der Waals surface area contributed by atoms with Gasteiger partial charge in [-0.3, -0.25) is 13.9 Å². The van der Waals surface area contributed by atoms with E-state index < -0.39 is 28.5 Å². The van der Waals surface area contributed by atoms with Crippen LogP contribution in [0, 0.1) is 6.92 Å². The number of aryl methyl sites for hydroxylation is 1. The topological polar surface area (TPSA) is 86.8 Å². The van der Waals surface area contributed by atoms with Crippen LogP contribution in [0.3, 0.4) is 0 Å². The van der Waals surface area contributed by atoms with Crippen LogP contribution in [0.1, 0.15) is 37.8 Å². The summed E-state index contributed by atoms with van der Waals surface area (Å²) in [7, 11) is -3.74. The largest absolute Gasteiger partial charge is 0.354 e. The first kappa shape index (κ1) is 26.9. The summed E-state index contributed by atoms with van der Waals surface area (Å²) in [5.41, 5.74) is 2.28. The van der Waals surface area contributed by atoms with Gasteiger partial charge in [-0.1, -0.05) is 54.0 Å². The Bertz CT molecular complexity index is 1060. The molecule has 33 heavy (non-hydrogen) atoms. The number of sulfonamides is 1. The van der Waals surface area contributed by atoms with Crippen LogP contribution in [0.5, 0.6) is 0 Å². The van der Waals surface area contributed by atoms with Gasteiger partial charge in [-0.15, -0.1) is 0 Å². The SMILES string of the molecule is CCCNC(=O)[C@@H](CC)N(Cc1ccccc1C)C(=O)CN(c1ccc(Br)cc1)S(C)(=O)=O. The van der Waals surface area contributed by atoms with Crippen molar-refractivity contribution in [3.8, 4) is 0 Å². The molecule has 0 saturated heterocycles. The maximum atomic E-state index is 13.6. The molecular formula is C24H32BrN3O4S. The smallest absolute Gasteiger partial charge is 0.244 e. The van der Waals surface area contributed by atoms with Crippen LogP contribution in [0.4, 0.5) is 5.69 Å². The third-order valence-electron chi connectivity index (χ3n) is 5.33. The molecule has 0 fully saturated rings. The lowest BCUT2D eigenvalue weighted by atomic mass is 10.1. The molecule has 0 aliphatic rings. The summed E-state index contributed by atoms with van der Waals surface area (Å²) < 4.78 is 27.0. The van der Waals surface area contributed by atoms with Gasteiger partial charge in [0.25, 0.3) is 0 Å². The van der Waals surface area contributed by atoms with Crippen LogP contribution < -0.4 is 9.62 Å². The average molecular weight is 539 g/mol. The molecule has 2 rings (SSSR count). The summed E-state index contributed by atoms with van der Waals surface area (Å²) in [5, 5.41) is 2.87. The maximum absolute atomic E-state index is 13.6. The summed E-state index contributed by atoms with van der Waals surface area (Å²) in [6.45, 7) is 6.07. The first-order valence-corrected chi connectivity index (χ1v) is 13.6. The zero-order chi connectivity index (χ0) is 24.6. The minimum Gasteiger partial charge on any atom is -0.354 e. The van der Waals surface area contributed by atoms with E-state index >= 15 is 0 Å². The molecule has 0 aliphatic carbocycles. The van der Waals surface area contributed by atoms with Crippen molar-refractivity contribution in [3.05, 3.63) is 64.1 Å². The number of rotatable bonds is 11. The molecule has 180 valence electrons. The third kappa shape index (κ3) is 7.57. The molecule has 7 nitrogen and oxygen atoms in total. The van der Waals surface area contributed by atoms with Gasteiger partial charge in [0.2, 0.25) is 21.8 Å². The van der Waals surface area contributed by atoms with E-state index in [4.69, 9.17) is 0 Å². The Kier molecular flexibility index (Phi) is 9.91. The van der Waals surface area contributed by atoms with E-state index in [1.807, 2.05) is 45.0 Å². The highest BCUT2D eigenvalue weighted by Crippen LogP contribution is 2.22. The number of hydrogen-bond donors (Lipinski definition) is 1. The second-order valence-corrected chi connectivity index (χ2v) is 10.7. The monoisotopic (exact) mass is 537 g/mol. The molecule has 0 heterocycles. The fraction of sp³-hybridized carbons (Fsp3) is 0.417. The molecule has 0 bridgehead atoms. The van der Waals surface area contributed by atoms with E-state index in [0.29, 0.717) is 18.7 Å². The van der Waals surface area contributed by atoms with Crippen LogP contribution in [0.15, 0.2) is 53.0 Å². The minimum absolute atomic E-state index is 0.210. The zero-order valence-corrected chi connectivity index (χ0v) is 21.9. The van der Waals surface area contributed by atoms with Gasteiger partial charge in [0, 0.05) is 17.6 Å². The highest BCUT2D eigenvalue weighted by atomic mass is 79.9. The number of hydrogen-bond acceptors (Lipinski definition) is 4. The average Bonchev–Trinajstić information content (AvgIpc) is 2.77. The lowest BCUT2D eigenvalue weighted by Crippen LogP contribution is -2.52. The molecule has 0 aliphatic heterocycles. The molecule has 1 atom stereocenters. The Morgan fingerprint density at radius 1 is 1.06 bits per heavy atom. The standard InChI is InChI=1S/C24H32BrN3O4S/c1-5-15-26-24(30)22(6-2)27(16-19-10-8-7-9-18(19)3)23(29)17-28(33(4,31)32)21-13-11-20(25)12-14-21/h7-14,22H,5-6,15-17H2,1-4H3,(H,26,30)/t22-/m1/s1. The van der Waals surface area contributed by atoms with Crippen molar-refractivity contribution in [1.29, 1.82) is 0 Å². The van der Waals surface area contributed by atoms with Crippen LogP contribution in [-0.2, 0) is 26.2 Å². The molecule has 0 aromatic heterocycles. The highest BCUT2D eigenvalue weighted by Gasteiger charge is 2.31. The molecule has 0 radical (unpaired) electrons. The minimum atomic E-state index is -3.74. The number of anilines is 1. The molecule has 2 amide bonds. The van der Waals surface area contributed by atoms with Crippen molar-refractivity contribution >= 4 is 43.5 Å². The second-order valence-electron chi connectivity index (χ2n) is 7.91. The van der Waals surface area contributed by atoms with Crippen molar-refractivity contribution in [2.75, 3.05) is 23.7 Å². The summed E-state index contributed by atoms with van der Waals surface area (Å²) in [6.07, 6.45) is 2.25. The third-order valence-corrected chi connectivity index (χ3v) is 7.00. The number of nitrogens with one attached hydrogen (secondary N) is 1. The second kappa shape index (κ2) is 12.2. The van der Waals surface area contributed by atoms with Gasteiger partial charge in [0.05, 0.1) is 11.9 Å². The molecule has 0 spiro atoms. The summed E-state index contributed by atoms with van der Waals surface area (Å²) in [5.74, 6) is -0.680. The summed E-state index contributed by atoms with van der Waals surface area (Å²) >= 11 is 3.34. The van der Waals surface area contributed by atoms with Crippen molar-refractivity contribution in [2.24, 2.45) is 0 Å². The molecule has 0 unspecified atom stereocenters. The number of benzene rings is 2. The quantitative estimate of drug-likeness (QED) is 0.471. The van der Waals surface area contributed by atoms with Crippen LogP contribution >= 0.6 is 15.9 Å². The highest BCUT2D eigenvalue weighted by molar-refractivity contribution is 9.10. The first-order chi connectivity index (χ1) is 15.6. The Morgan fingerprint density at radius 3 is 2.24 bits per heavy atom. The number of nitrogens with zero attached hydrogens (tertiary/aromatic N) is 2. The van der Waals surface area contributed by atoms with Crippen LogP contribution in [-0.4, -0.2) is 50.5 Å². The van der Waals surface area contributed by atoms with Gasteiger partial charge in [-0.05, 0) is 55.2 Å². The Morgan fingerprint density at radius 2 is 1.70 bits per heavy atom. The lowest BCUT2D eigenvalue weighted by Gasteiger charge is -2.33. The van der Waals surface area contributed by atoms with Gasteiger partial charge < -0.3 is 10.2 Å². The van der Waals surface area contributed by atoms with E-state index in [1.165, 1.54) is 4.90 Å². The van der Waals surface area contributed by atoms with Crippen molar-refractivity contribution < 1.29 is 18.0 Å². The molecular weight excluding hydrogens is 506 g/mol. The van der Waals surface area contributed by atoms with Gasteiger partial charge in [0.1, 0.15) is 12.6 Å². The number of carbonyl (C=O) groups is 2. The number of halogens is 1. The zero-order valence-electron chi connectivity index (χ0n) is 19.5. The van der Waals surface area contributed by atoms with Gasteiger partial charge in [0.15, 0.2) is 0 Å². The van der Waals surface area contributed by atoms with E-state index in [2.05, 4.69) is 21.2 Å². The van der Waals surface area contributed by atoms with Crippen LogP contribution in [0.25, 0.3) is 0 Å². The van der Waals surface area contributed by atoms with Crippen molar-refractivity contribution in [1.82, 2.24) is 10.2 Å². The van der Waals surface area contributed by atoms with Gasteiger partial charge in [-0.25, -0.2) is 8.42 Å². The predicted octanol–water partition coefficient (Wildman–Crippen LogP) is 3.86. The fourth-order valence-electron chi connectivity index (χ4n) is 3.48. The Hall–Kier alpha value is -2.39. The molecule has 1 N–H and O–H groups in total. The first-order valence-electron chi connectivity index (χ1n) is 10.9. The molecule has 0 saturated carbocycles. The van der Waals surface area contributed by atoms with E-state index in [0.717, 1.165) is 32.6 Å². The molecule has 2 aromatic carbocycles. The lowest BCUT2D eigenvalue weighted by molar-refractivity contribution is -0.140. The maximum Gasteiger partial charge on any atom is 0.244 e. The molecule has 2 aromatic rings. The van der Waals surface area contributed by atoms with Gasteiger partial charge in [-0.2, -0.15) is 0 Å². The Balaban J connectivity index is 2.42. The number of carbonyl (C=O) groups excluding carboxylic acids is 2. The Labute approximate surface area is 205 Å². The number of amides is 2. The summed E-state index contributed by atoms with van der Waals surface area (Å²) in [6, 6.07) is 13.6. The normalized spacial score (nSPS) is 12.2. The fourth-order valence-corrected chi connectivity index (χ4v) is 4.59. The molecule has 9 heteroatoms. The van der Waals surface area contributed by atoms with E-state index in [-0.39, 0.29) is 12.5 Å². The van der Waals surface area contributed by atoms with Crippen LogP contribution in [0.2, 0.25) is 0 Å². The summed E-state index contributed by atoms with van der Waals surface area (Å²) in [4.78, 5) is 28.0. The van der Waals surface area contributed by atoms with Gasteiger partial charge >= 0.3 is 0 Å². The van der Waals surface area contributed by atoms with E-state index in [9.17, 15) is 18.0 Å².